The van der Waals surface area contributed by atoms with Gasteiger partial charge in [-0.25, -0.2) is 4.98 Å². The molecule has 2 heterocycles. The summed E-state index contributed by atoms with van der Waals surface area (Å²) in [4.78, 5) is 16.6. The van der Waals surface area contributed by atoms with Crippen LogP contribution in [0.3, 0.4) is 0 Å². The van der Waals surface area contributed by atoms with Gasteiger partial charge in [0.15, 0.2) is 0 Å². The highest BCUT2D eigenvalue weighted by Gasteiger charge is 2.30. The number of benzene rings is 1. The highest BCUT2D eigenvalue weighted by atomic mass is 32.1. The largest absolute Gasteiger partial charge is 0.573 e. The highest BCUT2D eigenvalue weighted by Crippen LogP contribution is 2.24. The molecule has 8 heteroatoms. The highest BCUT2D eigenvalue weighted by molar-refractivity contribution is 7.18. The summed E-state index contributed by atoms with van der Waals surface area (Å²) >= 11 is 1.28. The van der Waals surface area contributed by atoms with E-state index in [0.717, 1.165) is 17.1 Å². The van der Waals surface area contributed by atoms with E-state index >= 15 is 0 Å². The van der Waals surface area contributed by atoms with E-state index < -0.39 is 6.36 Å². The van der Waals surface area contributed by atoms with Gasteiger partial charge in [0.05, 0.1) is 10.5 Å². The second kappa shape index (κ2) is 5.13. The third kappa shape index (κ3) is 2.82. The molecule has 0 unspecified atom stereocenters. The Labute approximate surface area is 126 Å². The van der Waals surface area contributed by atoms with Crippen molar-refractivity contribution in [2.75, 3.05) is 0 Å². The molecule has 0 saturated heterocycles. The molecule has 0 bridgehead atoms. The normalized spacial score (nSPS) is 11.8. The topological polar surface area (TPSA) is 44.1 Å². The van der Waals surface area contributed by atoms with E-state index in [-0.39, 0.29) is 11.3 Å². The zero-order chi connectivity index (χ0) is 15.9. The number of pyridine rings is 1. The van der Waals surface area contributed by atoms with E-state index in [1.807, 2.05) is 0 Å². The lowest BCUT2D eigenvalue weighted by molar-refractivity contribution is -0.274. The maximum Gasteiger partial charge on any atom is 0.573 e. The summed E-state index contributed by atoms with van der Waals surface area (Å²) in [7, 11) is 0. The molecule has 4 nitrogen and oxygen atoms in total. The SMILES string of the molecule is Cc1nc2ccn(-c3ccc(OC(F)(F)F)cc3)c(=O)c2s1. The van der Waals surface area contributed by atoms with Gasteiger partial charge in [-0.1, -0.05) is 0 Å². The van der Waals surface area contributed by atoms with Gasteiger partial charge in [0.2, 0.25) is 0 Å². The van der Waals surface area contributed by atoms with Gasteiger partial charge in [-0.05, 0) is 37.3 Å². The summed E-state index contributed by atoms with van der Waals surface area (Å²) in [6, 6.07) is 6.81. The number of hydrogen-bond donors (Lipinski definition) is 0. The number of alkyl halides is 3. The molecule has 0 N–H and O–H groups in total. The summed E-state index contributed by atoms with van der Waals surface area (Å²) in [6.07, 6.45) is -3.19. The third-order valence-corrected chi connectivity index (χ3v) is 3.88. The first-order valence-corrected chi connectivity index (χ1v) is 7.00. The van der Waals surface area contributed by atoms with Crippen molar-refractivity contribution in [2.45, 2.75) is 13.3 Å². The summed E-state index contributed by atoms with van der Waals surface area (Å²) < 4.78 is 42.0. The molecule has 114 valence electrons. The lowest BCUT2D eigenvalue weighted by Crippen LogP contribution is -2.18. The molecule has 0 fully saturated rings. The van der Waals surface area contributed by atoms with Gasteiger partial charge in [-0.3, -0.25) is 9.36 Å². The molecule has 0 radical (unpaired) electrons. The Kier molecular flexibility index (Phi) is 3.40. The second-order valence-corrected chi connectivity index (χ2v) is 5.68. The Morgan fingerprint density at radius 1 is 1.18 bits per heavy atom. The minimum Gasteiger partial charge on any atom is -0.406 e. The van der Waals surface area contributed by atoms with E-state index in [4.69, 9.17) is 0 Å². The van der Waals surface area contributed by atoms with E-state index in [2.05, 4.69) is 9.72 Å². The van der Waals surface area contributed by atoms with Crippen LogP contribution in [0, 0.1) is 6.92 Å². The standard InChI is InChI=1S/C14H9F3N2O2S/c1-8-18-11-6-7-19(13(20)12(11)22-8)9-2-4-10(5-3-9)21-14(15,16)17/h2-7H,1H3. The molecule has 22 heavy (non-hydrogen) atoms. The lowest BCUT2D eigenvalue weighted by Gasteiger charge is -2.10. The first-order chi connectivity index (χ1) is 10.3. The molecular weight excluding hydrogens is 317 g/mol. The fourth-order valence-electron chi connectivity index (χ4n) is 2.04. The van der Waals surface area contributed by atoms with Crippen LogP contribution in [0.2, 0.25) is 0 Å². The molecular formula is C14H9F3N2O2S. The van der Waals surface area contributed by atoms with Crippen LogP contribution in [0.4, 0.5) is 13.2 Å². The minimum atomic E-state index is -4.74. The van der Waals surface area contributed by atoms with Crippen LogP contribution in [0.1, 0.15) is 5.01 Å². The third-order valence-electron chi connectivity index (χ3n) is 2.90. The maximum atomic E-state index is 12.4. The van der Waals surface area contributed by atoms with Crippen LogP contribution in [0.25, 0.3) is 15.9 Å². The zero-order valence-electron chi connectivity index (χ0n) is 11.2. The van der Waals surface area contributed by atoms with Gasteiger partial charge < -0.3 is 4.74 Å². The fraction of sp³-hybridized carbons (Fsp3) is 0.143. The van der Waals surface area contributed by atoms with Crippen molar-refractivity contribution in [3.05, 3.63) is 51.9 Å². The molecule has 0 saturated carbocycles. The molecule has 0 atom stereocenters. The van der Waals surface area contributed by atoms with Gasteiger partial charge in [-0.2, -0.15) is 0 Å². The van der Waals surface area contributed by atoms with Crippen molar-refractivity contribution in [3.63, 3.8) is 0 Å². The maximum absolute atomic E-state index is 12.4. The smallest absolute Gasteiger partial charge is 0.406 e. The number of hydrogen-bond acceptors (Lipinski definition) is 4. The monoisotopic (exact) mass is 326 g/mol. The molecule has 0 spiro atoms. The van der Waals surface area contributed by atoms with Gasteiger partial charge in [0.1, 0.15) is 10.4 Å². The summed E-state index contributed by atoms with van der Waals surface area (Å²) in [5, 5.41) is 0.777. The van der Waals surface area contributed by atoms with Gasteiger partial charge in [-0.15, -0.1) is 24.5 Å². The van der Waals surface area contributed by atoms with Crippen molar-refractivity contribution < 1.29 is 17.9 Å². The molecule has 1 aromatic carbocycles. The van der Waals surface area contributed by atoms with E-state index in [1.165, 1.54) is 28.0 Å². The second-order valence-electron chi connectivity index (χ2n) is 4.48. The fourth-order valence-corrected chi connectivity index (χ4v) is 2.89. The first-order valence-electron chi connectivity index (χ1n) is 6.18. The number of aromatic nitrogens is 2. The Morgan fingerprint density at radius 3 is 2.50 bits per heavy atom. The molecule has 0 aliphatic rings. The van der Waals surface area contributed by atoms with Gasteiger partial charge >= 0.3 is 6.36 Å². The average Bonchev–Trinajstić information content (AvgIpc) is 2.80. The van der Waals surface area contributed by atoms with Crippen LogP contribution in [-0.2, 0) is 0 Å². The number of rotatable bonds is 2. The lowest BCUT2D eigenvalue weighted by atomic mass is 10.3. The van der Waals surface area contributed by atoms with Crippen molar-refractivity contribution in [2.24, 2.45) is 0 Å². The van der Waals surface area contributed by atoms with Crippen LogP contribution in [-0.4, -0.2) is 15.9 Å². The van der Waals surface area contributed by atoms with E-state index in [9.17, 15) is 18.0 Å². The number of ether oxygens (including phenoxy) is 1. The Morgan fingerprint density at radius 2 is 1.86 bits per heavy atom. The predicted molar refractivity (Wildman–Crippen MR) is 76.6 cm³/mol. The van der Waals surface area contributed by atoms with Crippen molar-refractivity contribution in [1.29, 1.82) is 0 Å². The van der Waals surface area contributed by atoms with Crippen LogP contribution < -0.4 is 10.3 Å². The molecule has 0 aliphatic carbocycles. The van der Waals surface area contributed by atoms with E-state index in [1.54, 1.807) is 19.2 Å². The summed E-state index contributed by atoms with van der Waals surface area (Å²) in [6.45, 7) is 1.80. The number of halogens is 3. The molecule has 0 aliphatic heterocycles. The Balaban J connectivity index is 2.01. The average molecular weight is 326 g/mol. The zero-order valence-corrected chi connectivity index (χ0v) is 12.0. The molecule has 3 aromatic rings. The molecule has 2 aromatic heterocycles. The number of thiazole rings is 1. The minimum absolute atomic E-state index is 0.257. The number of fused-ring (bicyclic) bond motifs is 1. The predicted octanol–water partition coefficient (Wildman–Crippen LogP) is 3.65. The molecule has 3 rings (SSSR count). The number of nitrogens with zero attached hydrogens (tertiary/aromatic N) is 2. The first kappa shape index (κ1) is 14.6. The van der Waals surface area contributed by atoms with Crippen LogP contribution in [0.5, 0.6) is 5.75 Å². The summed E-state index contributed by atoms with van der Waals surface area (Å²) in [5.41, 5.74) is 0.806. The quantitative estimate of drug-likeness (QED) is 0.722. The van der Waals surface area contributed by atoms with Gasteiger partial charge in [0, 0.05) is 11.9 Å². The molecule has 0 amide bonds. The summed E-state index contributed by atoms with van der Waals surface area (Å²) in [5.74, 6) is -0.334. The Hall–Kier alpha value is -2.35. The van der Waals surface area contributed by atoms with Crippen molar-refractivity contribution >= 4 is 21.6 Å². The Bertz CT molecular complexity index is 882. The van der Waals surface area contributed by atoms with Crippen LogP contribution >= 0.6 is 11.3 Å². The van der Waals surface area contributed by atoms with Crippen LogP contribution in [0.15, 0.2) is 41.3 Å². The van der Waals surface area contributed by atoms with Crippen molar-refractivity contribution in [3.8, 4) is 11.4 Å². The van der Waals surface area contributed by atoms with Crippen molar-refractivity contribution in [1.82, 2.24) is 9.55 Å². The van der Waals surface area contributed by atoms with Gasteiger partial charge in [0.25, 0.3) is 5.56 Å². The van der Waals surface area contributed by atoms with E-state index in [0.29, 0.717) is 15.9 Å². The number of aryl methyl sites for hydroxylation is 1.